The van der Waals surface area contributed by atoms with Crippen LogP contribution in [0.1, 0.15) is 44.8 Å². The van der Waals surface area contributed by atoms with E-state index in [9.17, 15) is 0 Å². The van der Waals surface area contributed by atoms with Crippen LogP contribution in [-0.4, -0.2) is 29.5 Å². The second kappa shape index (κ2) is 7.06. The predicted octanol–water partition coefficient (Wildman–Crippen LogP) is 2.42. The van der Waals surface area contributed by atoms with Crippen LogP contribution in [0.4, 0.5) is 0 Å². The van der Waals surface area contributed by atoms with Crippen LogP contribution in [0, 0.1) is 22.7 Å². The Labute approximate surface area is 127 Å². The summed E-state index contributed by atoms with van der Waals surface area (Å²) in [7, 11) is 1.93. The van der Waals surface area contributed by atoms with E-state index < -0.39 is 0 Å². The van der Waals surface area contributed by atoms with Crippen LogP contribution in [0.25, 0.3) is 0 Å². The van der Waals surface area contributed by atoms with E-state index in [4.69, 9.17) is 10.00 Å². The van der Waals surface area contributed by atoms with Gasteiger partial charge in [-0.3, -0.25) is 4.68 Å². The highest BCUT2D eigenvalue weighted by atomic mass is 16.5. The van der Waals surface area contributed by atoms with Crippen molar-refractivity contribution in [2.45, 2.75) is 39.2 Å². The molecule has 1 saturated heterocycles. The van der Waals surface area contributed by atoms with Crippen LogP contribution in [0.3, 0.4) is 0 Å². The zero-order chi connectivity index (χ0) is 15.3. The van der Waals surface area contributed by atoms with Gasteiger partial charge in [0.1, 0.15) is 0 Å². The van der Waals surface area contributed by atoms with Gasteiger partial charge in [-0.2, -0.15) is 10.4 Å². The largest absolute Gasteiger partial charge is 0.373 e. The Balaban J connectivity index is 1.81. The normalized spacial score (nSPS) is 22.4. The Morgan fingerprint density at radius 2 is 2.38 bits per heavy atom. The molecule has 0 amide bonds. The minimum atomic E-state index is 0.161. The summed E-state index contributed by atoms with van der Waals surface area (Å²) in [4.78, 5) is 0. The van der Waals surface area contributed by atoms with Gasteiger partial charge in [0.2, 0.25) is 0 Å². The minimum absolute atomic E-state index is 0.161. The molecule has 0 aromatic carbocycles. The molecule has 0 spiro atoms. The van der Waals surface area contributed by atoms with E-state index in [1.165, 1.54) is 5.56 Å². The van der Waals surface area contributed by atoms with Crippen molar-refractivity contribution in [3.63, 3.8) is 0 Å². The number of aromatic nitrogens is 2. The van der Waals surface area contributed by atoms with Crippen LogP contribution in [0.15, 0.2) is 12.4 Å². The van der Waals surface area contributed by atoms with Crippen molar-refractivity contribution in [1.29, 1.82) is 5.26 Å². The Morgan fingerprint density at radius 3 is 3.05 bits per heavy atom. The number of hydrogen-bond donors (Lipinski definition) is 1. The summed E-state index contributed by atoms with van der Waals surface area (Å²) < 4.78 is 7.70. The highest BCUT2D eigenvalue weighted by Gasteiger charge is 2.30. The fourth-order valence-corrected chi connectivity index (χ4v) is 2.88. The number of ether oxygens (including phenoxy) is 1. The first-order chi connectivity index (χ1) is 10.0. The molecule has 0 saturated carbocycles. The first-order valence-electron chi connectivity index (χ1n) is 7.70. The van der Waals surface area contributed by atoms with Gasteiger partial charge in [0.05, 0.1) is 18.4 Å². The van der Waals surface area contributed by atoms with Crippen molar-refractivity contribution in [1.82, 2.24) is 15.1 Å². The van der Waals surface area contributed by atoms with E-state index >= 15 is 0 Å². The molecule has 1 aromatic rings. The van der Waals surface area contributed by atoms with Gasteiger partial charge in [-0.25, -0.2) is 0 Å². The first-order valence-corrected chi connectivity index (χ1v) is 7.70. The van der Waals surface area contributed by atoms with Crippen molar-refractivity contribution in [2.75, 3.05) is 19.7 Å². The number of nitrogens with zero attached hydrogens (tertiary/aromatic N) is 3. The molecule has 5 heteroatoms. The zero-order valence-corrected chi connectivity index (χ0v) is 13.3. The quantitative estimate of drug-likeness (QED) is 0.837. The molecule has 2 atom stereocenters. The maximum Gasteiger partial charge on any atom is 0.0896 e. The number of nitriles is 1. The van der Waals surface area contributed by atoms with Crippen LogP contribution in [-0.2, 0) is 11.8 Å². The van der Waals surface area contributed by atoms with Gasteiger partial charge >= 0.3 is 0 Å². The van der Waals surface area contributed by atoms with E-state index in [0.29, 0.717) is 12.3 Å². The molecule has 1 aromatic heterocycles. The summed E-state index contributed by atoms with van der Waals surface area (Å²) in [6, 6.07) is 2.23. The van der Waals surface area contributed by atoms with Gasteiger partial charge in [0, 0.05) is 50.8 Å². The van der Waals surface area contributed by atoms with Crippen molar-refractivity contribution in [2.24, 2.45) is 18.4 Å². The van der Waals surface area contributed by atoms with Crippen molar-refractivity contribution >= 4 is 0 Å². The van der Waals surface area contributed by atoms with Gasteiger partial charge in [-0.05, 0) is 18.3 Å². The Hall–Kier alpha value is -1.38. The molecule has 2 heterocycles. The lowest BCUT2D eigenvalue weighted by Crippen LogP contribution is -2.33. The summed E-state index contributed by atoms with van der Waals surface area (Å²) in [5.41, 5.74) is 1.34. The van der Waals surface area contributed by atoms with E-state index in [1.54, 1.807) is 0 Å². The average Bonchev–Trinajstić information content (AvgIpc) is 3.05. The summed E-state index contributed by atoms with van der Waals surface area (Å²) in [6.07, 6.45) is 6.75. The number of nitrogens with one attached hydrogen (secondary N) is 1. The van der Waals surface area contributed by atoms with Crippen molar-refractivity contribution in [3.8, 4) is 6.07 Å². The summed E-state index contributed by atoms with van der Waals surface area (Å²) >= 11 is 0. The zero-order valence-electron chi connectivity index (χ0n) is 13.3. The first kappa shape index (κ1) is 16.0. The second-order valence-electron chi connectivity index (χ2n) is 6.74. The molecule has 1 fully saturated rings. The molecule has 0 aliphatic carbocycles. The number of hydrogen-bond acceptors (Lipinski definition) is 4. The molecule has 0 radical (unpaired) electrons. The lowest BCUT2D eigenvalue weighted by molar-refractivity contribution is 0.0897. The third kappa shape index (κ3) is 4.55. The van der Waals surface area contributed by atoms with Gasteiger partial charge in [-0.15, -0.1) is 0 Å². The molecule has 1 aliphatic heterocycles. The highest BCUT2D eigenvalue weighted by molar-refractivity contribution is 5.11. The van der Waals surface area contributed by atoms with E-state index in [2.05, 4.69) is 30.3 Å². The molecule has 1 N–H and O–H groups in total. The van der Waals surface area contributed by atoms with Gasteiger partial charge in [0.15, 0.2) is 0 Å². The smallest absolute Gasteiger partial charge is 0.0896 e. The molecule has 2 rings (SSSR count). The second-order valence-corrected chi connectivity index (χ2v) is 6.74. The minimum Gasteiger partial charge on any atom is -0.373 e. The van der Waals surface area contributed by atoms with E-state index in [-0.39, 0.29) is 11.5 Å². The van der Waals surface area contributed by atoms with Crippen LogP contribution >= 0.6 is 0 Å². The Morgan fingerprint density at radius 1 is 1.57 bits per heavy atom. The van der Waals surface area contributed by atoms with Gasteiger partial charge in [0.25, 0.3) is 0 Å². The van der Waals surface area contributed by atoms with Crippen LogP contribution in [0.5, 0.6) is 0 Å². The molecular formula is C16H26N4O. The van der Waals surface area contributed by atoms with Gasteiger partial charge < -0.3 is 10.1 Å². The summed E-state index contributed by atoms with van der Waals surface area (Å²) in [5.74, 6) is 0.501. The molecule has 0 bridgehead atoms. The third-order valence-electron chi connectivity index (χ3n) is 4.19. The van der Waals surface area contributed by atoms with Gasteiger partial charge in [-0.1, -0.05) is 13.8 Å². The fraction of sp³-hybridized carbons (Fsp3) is 0.750. The average molecular weight is 290 g/mol. The fourth-order valence-electron chi connectivity index (χ4n) is 2.88. The van der Waals surface area contributed by atoms with Crippen LogP contribution < -0.4 is 5.32 Å². The Bertz CT molecular complexity index is 489. The molecule has 1 aliphatic rings. The molecule has 21 heavy (non-hydrogen) atoms. The SMILES string of the molecule is Cn1cc([C@H]2OCC[C@H]2CNCC(C)(C)CCC#N)cn1. The molecule has 0 unspecified atom stereocenters. The third-order valence-corrected chi connectivity index (χ3v) is 4.19. The lowest BCUT2D eigenvalue weighted by Gasteiger charge is -2.26. The Kier molecular flexibility index (Phi) is 5.38. The number of rotatable bonds is 7. The number of aryl methyl sites for hydroxylation is 1. The monoisotopic (exact) mass is 290 g/mol. The van der Waals surface area contributed by atoms with Crippen LogP contribution in [0.2, 0.25) is 0 Å². The maximum atomic E-state index is 8.70. The molecule has 116 valence electrons. The van der Waals surface area contributed by atoms with Crippen molar-refractivity contribution < 1.29 is 4.74 Å². The summed E-state index contributed by atoms with van der Waals surface area (Å²) in [6.45, 7) is 7.13. The lowest BCUT2D eigenvalue weighted by atomic mass is 9.87. The molecule has 5 nitrogen and oxygen atoms in total. The molecular weight excluding hydrogens is 264 g/mol. The van der Waals surface area contributed by atoms with Crippen molar-refractivity contribution in [3.05, 3.63) is 18.0 Å². The van der Waals surface area contributed by atoms with E-state index in [1.807, 2.05) is 24.1 Å². The topological polar surface area (TPSA) is 62.9 Å². The summed E-state index contributed by atoms with van der Waals surface area (Å²) in [5, 5.41) is 16.5. The van der Waals surface area contributed by atoms with E-state index in [0.717, 1.165) is 32.5 Å². The highest BCUT2D eigenvalue weighted by Crippen LogP contribution is 2.34. The predicted molar refractivity (Wildman–Crippen MR) is 81.5 cm³/mol. The standard InChI is InChI=1S/C16H26N4O/c1-16(2,6-4-7-17)12-18-9-13-5-8-21-15(13)14-10-19-20(3)11-14/h10-11,13,15,18H,4-6,8-9,12H2,1-3H3/t13-,15-/m0/s1. The maximum absolute atomic E-state index is 8.70.